The standard InChI is InChI=1S/C25H22N4O4/c1-30-18-8-17(11-27-12-18)16-2-3-22-19(9-16)25(14-32-24(26)29-25)20-10-21(28-13-23(20)33-22)15-4-6-31-7-5-15/h2-4,8-13H,5-7,14H2,1H3,(H2,26,29)/t25-/m0/s1. The second kappa shape index (κ2) is 7.60. The number of amidine groups is 1. The highest BCUT2D eigenvalue weighted by Gasteiger charge is 2.47. The normalized spacial score (nSPS) is 20.8. The number of hydrogen-bond donors (Lipinski definition) is 1. The molecule has 33 heavy (non-hydrogen) atoms. The van der Waals surface area contributed by atoms with Crippen LogP contribution in [0.1, 0.15) is 23.2 Å². The Morgan fingerprint density at radius 3 is 2.73 bits per heavy atom. The molecule has 6 rings (SSSR count). The van der Waals surface area contributed by atoms with Crippen LogP contribution in [0, 0.1) is 0 Å². The van der Waals surface area contributed by atoms with Crippen molar-refractivity contribution in [2.75, 3.05) is 26.9 Å². The quantitative estimate of drug-likeness (QED) is 0.661. The zero-order valence-corrected chi connectivity index (χ0v) is 18.1. The van der Waals surface area contributed by atoms with Gasteiger partial charge in [-0.05, 0) is 41.8 Å². The smallest absolute Gasteiger partial charge is 0.283 e. The maximum absolute atomic E-state index is 6.26. The van der Waals surface area contributed by atoms with Gasteiger partial charge in [-0.2, -0.15) is 0 Å². The van der Waals surface area contributed by atoms with E-state index < -0.39 is 5.54 Å². The van der Waals surface area contributed by atoms with Gasteiger partial charge in [0.1, 0.15) is 18.1 Å². The van der Waals surface area contributed by atoms with Crippen molar-refractivity contribution in [2.24, 2.45) is 10.7 Å². The molecule has 8 nitrogen and oxygen atoms in total. The molecule has 8 heteroatoms. The molecule has 0 unspecified atom stereocenters. The highest BCUT2D eigenvalue weighted by atomic mass is 16.5. The van der Waals surface area contributed by atoms with Gasteiger partial charge in [-0.15, -0.1) is 0 Å². The Bertz CT molecular complexity index is 1320. The fraction of sp³-hybridized carbons (Fsp3) is 0.240. The third-order valence-electron chi connectivity index (χ3n) is 6.26. The molecule has 0 amide bonds. The molecule has 1 atom stereocenters. The number of aromatic nitrogens is 2. The van der Waals surface area contributed by atoms with E-state index in [4.69, 9.17) is 29.7 Å². The van der Waals surface area contributed by atoms with E-state index in [9.17, 15) is 0 Å². The first-order chi connectivity index (χ1) is 16.2. The average Bonchev–Trinajstić information content (AvgIpc) is 3.26. The Kier molecular flexibility index (Phi) is 4.55. The second-order valence-electron chi connectivity index (χ2n) is 8.15. The molecular weight excluding hydrogens is 420 g/mol. The van der Waals surface area contributed by atoms with E-state index in [2.05, 4.69) is 22.1 Å². The number of nitrogens with two attached hydrogens (primary N) is 1. The van der Waals surface area contributed by atoms with Crippen molar-refractivity contribution in [3.8, 4) is 28.4 Å². The Labute approximate surface area is 190 Å². The van der Waals surface area contributed by atoms with Gasteiger partial charge >= 0.3 is 0 Å². The van der Waals surface area contributed by atoms with Crippen LogP contribution < -0.4 is 15.2 Å². The van der Waals surface area contributed by atoms with Gasteiger partial charge in [-0.1, -0.05) is 12.1 Å². The van der Waals surface area contributed by atoms with Crippen LogP contribution in [0.4, 0.5) is 0 Å². The lowest BCUT2D eigenvalue weighted by Gasteiger charge is -2.34. The highest BCUT2D eigenvalue weighted by molar-refractivity contribution is 5.78. The number of fused-ring (bicyclic) bond motifs is 4. The molecule has 1 spiro atoms. The summed E-state index contributed by atoms with van der Waals surface area (Å²) in [6, 6.07) is 10.1. The molecule has 0 aliphatic carbocycles. The summed E-state index contributed by atoms with van der Waals surface area (Å²) in [7, 11) is 1.63. The molecule has 2 N–H and O–H groups in total. The molecule has 0 saturated heterocycles. The monoisotopic (exact) mass is 442 g/mol. The first-order valence-corrected chi connectivity index (χ1v) is 10.7. The van der Waals surface area contributed by atoms with E-state index in [1.54, 1.807) is 25.7 Å². The van der Waals surface area contributed by atoms with Crippen LogP contribution in [0.3, 0.4) is 0 Å². The second-order valence-corrected chi connectivity index (χ2v) is 8.15. The fourth-order valence-electron chi connectivity index (χ4n) is 4.56. The maximum Gasteiger partial charge on any atom is 0.283 e. The van der Waals surface area contributed by atoms with E-state index in [1.807, 2.05) is 24.3 Å². The summed E-state index contributed by atoms with van der Waals surface area (Å²) in [5.74, 6) is 2.04. The predicted octanol–water partition coefficient (Wildman–Crippen LogP) is 3.65. The van der Waals surface area contributed by atoms with Crippen molar-refractivity contribution < 1.29 is 18.9 Å². The summed E-state index contributed by atoms with van der Waals surface area (Å²) in [5.41, 5.74) is 10.9. The Hall–Kier alpha value is -3.91. The van der Waals surface area contributed by atoms with E-state index in [0.29, 0.717) is 30.5 Å². The third kappa shape index (κ3) is 3.22. The van der Waals surface area contributed by atoms with E-state index in [-0.39, 0.29) is 12.6 Å². The average molecular weight is 442 g/mol. The van der Waals surface area contributed by atoms with Crippen LogP contribution in [0.15, 0.2) is 60.0 Å². The van der Waals surface area contributed by atoms with Crippen LogP contribution in [-0.4, -0.2) is 42.9 Å². The van der Waals surface area contributed by atoms with Gasteiger partial charge in [0, 0.05) is 22.9 Å². The predicted molar refractivity (Wildman–Crippen MR) is 122 cm³/mol. The highest BCUT2D eigenvalue weighted by Crippen LogP contribution is 2.52. The zero-order chi connectivity index (χ0) is 22.4. The van der Waals surface area contributed by atoms with Crippen molar-refractivity contribution in [3.05, 3.63) is 71.8 Å². The minimum absolute atomic E-state index is 0.158. The molecule has 0 radical (unpaired) electrons. The number of ether oxygens (including phenoxy) is 4. The molecule has 3 aliphatic heterocycles. The van der Waals surface area contributed by atoms with E-state index >= 15 is 0 Å². The van der Waals surface area contributed by atoms with Gasteiger partial charge in [0.15, 0.2) is 11.3 Å². The van der Waals surface area contributed by atoms with Crippen LogP contribution in [0.2, 0.25) is 0 Å². The number of rotatable bonds is 3. The number of hydrogen-bond acceptors (Lipinski definition) is 8. The Morgan fingerprint density at radius 2 is 1.94 bits per heavy atom. The van der Waals surface area contributed by atoms with Gasteiger partial charge in [0.05, 0.1) is 38.4 Å². The summed E-state index contributed by atoms with van der Waals surface area (Å²) in [5, 5.41) is 0. The van der Waals surface area contributed by atoms with Crippen molar-refractivity contribution in [1.82, 2.24) is 9.97 Å². The summed E-state index contributed by atoms with van der Waals surface area (Å²) in [6.45, 7) is 1.56. The number of aliphatic imine (C=N–C) groups is 1. The molecular formula is C25H22N4O4. The molecule has 0 fully saturated rings. The summed E-state index contributed by atoms with van der Waals surface area (Å²) >= 11 is 0. The maximum atomic E-state index is 6.26. The molecule has 166 valence electrons. The van der Waals surface area contributed by atoms with Crippen molar-refractivity contribution >= 4 is 11.6 Å². The first-order valence-electron chi connectivity index (χ1n) is 10.7. The summed E-state index contributed by atoms with van der Waals surface area (Å²) in [6.07, 6.45) is 8.12. The minimum atomic E-state index is -0.821. The number of benzene rings is 1. The topological polar surface area (TPSA) is 101 Å². The molecule has 3 aromatic rings. The largest absolute Gasteiger partial charge is 0.495 e. The summed E-state index contributed by atoms with van der Waals surface area (Å²) < 4.78 is 22.8. The van der Waals surface area contributed by atoms with Crippen LogP contribution in [0.5, 0.6) is 17.2 Å². The van der Waals surface area contributed by atoms with Crippen molar-refractivity contribution in [1.29, 1.82) is 0 Å². The number of nitrogens with zero attached hydrogens (tertiary/aromatic N) is 3. The van der Waals surface area contributed by atoms with Gasteiger partial charge in [0.25, 0.3) is 6.02 Å². The van der Waals surface area contributed by atoms with Gasteiger partial charge in [-0.25, -0.2) is 4.99 Å². The molecule has 2 aromatic heterocycles. The van der Waals surface area contributed by atoms with Gasteiger partial charge in [0.2, 0.25) is 0 Å². The summed E-state index contributed by atoms with van der Waals surface area (Å²) in [4.78, 5) is 13.7. The zero-order valence-electron chi connectivity index (χ0n) is 18.1. The van der Waals surface area contributed by atoms with Crippen LogP contribution in [0.25, 0.3) is 16.7 Å². The van der Waals surface area contributed by atoms with Crippen molar-refractivity contribution in [2.45, 2.75) is 12.0 Å². The SMILES string of the molecule is COc1cncc(-c2ccc3c(c2)[C@@]2(COC(N)=N2)c2cc(C4=CCOCC4)ncc2O3)c1. The molecule has 0 bridgehead atoms. The molecule has 1 aromatic carbocycles. The molecule has 3 aliphatic rings. The first kappa shape index (κ1) is 19.8. The number of methoxy groups -OCH3 is 1. The fourth-order valence-corrected chi connectivity index (χ4v) is 4.56. The van der Waals surface area contributed by atoms with Gasteiger partial charge in [-0.3, -0.25) is 9.97 Å². The van der Waals surface area contributed by atoms with Crippen LogP contribution in [-0.2, 0) is 15.0 Å². The molecule has 0 saturated carbocycles. The lowest BCUT2D eigenvalue weighted by molar-refractivity contribution is 0.161. The van der Waals surface area contributed by atoms with E-state index in [1.165, 1.54) is 0 Å². The lowest BCUT2D eigenvalue weighted by Crippen LogP contribution is -2.31. The third-order valence-corrected chi connectivity index (χ3v) is 6.26. The Balaban J connectivity index is 1.51. The molecule has 5 heterocycles. The Morgan fingerprint density at radius 1 is 1.03 bits per heavy atom. The van der Waals surface area contributed by atoms with E-state index in [0.717, 1.165) is 39.9 Å². The minimum Gasteiger partial charge on any atom is -0.495 e. The number of pyridine rings is 2. The van der Waals surface area contributed by atoms with Crippen LogP contribution >= 0.6 is 0 Å². The van der Waals surface area contributed by atoms with Crippen molar-refractivity contribution in [3.63, 3.8) is 0 Å². The lowest BCUT2D eigenvalue weighted by atomic mass is 9.80. The van der Waals surface area contributed by atoms with Gasteiger partial charge < -0.3 is 24.7 Å².